The third-order valence-electron chi connectivity index (χ3n) is 2.11. The minimum atomic E-state index is -3.70. The second-order valence-corrected chi connectivity index (χ2v) is 4.53. The van der Waals surface area contributed by atoms with Gasteiger partial charge in [-0.15, -0.1) is 0 Å². The van der Waals surface area contributed by atoms with Crippen LogP contribution in [0.1, 0.15) is 19.3 Å². The van der Waals surface area contributed by atoms with Crippen molar-refractivity contribution in [3.8, 4) is 0 Å². The van der Waals surface area contributed by atoms with Crippen LogP contribution >= 0.6 is 0 Å². The molecule has 0 unspecified atom stereocenters. The third kappa shape index (κ3) is 3.29. The first kappa shape index (κ1) is 10.4. The molecular formula is C6H12N2O4S. The summed E-state index contributed by atoms with van der Waals surface area (Å²) < 4.78 is 23.4. The van der Waals surface area contributed by atoms with E-state index in [4.69, 9.17) is 10.2 Å². The maximum absolute atomic E-state index is 10.6. The Kier molecular flexibility index (Phi) is 2.89. The summed E-state index contributed by atoms with van der Waals surface area (Å²) in [5.41, 5.74) is 0. The van der Waals surface area contributed by atoms with Gasteiger partial charge in [0.1, 0.15) is 0 Å². The van der Waals surface area contributed by atoms with Crippen LogP contribution in [0.2, 0.25) is 0 Å². The van der Waals surface area contributed by atoms with E-state index >= 15 is 0 Å². The standard InChI is InChI=1S/C6H12N2O4S/c7-13(11,12)8-5-2-1-4(3-5)6(9)10/h4-5,8H,1-3H2,(H,9,10)(H2,7,11,12)/t4-,5+/m0/s1. The summed E-state index contributed by atoms with van der Waals surface area (Å²) in [7, 11) is -3.70. The molecule has 4 N–H and O–H groups in total. The molecule has 0 amide bonds. The van der Waals surface area contributed by atoms with E-state index in [-0.39, 0.29) is 6.04 Å². The molecule has 6 nitrogen and oxygen atoms in total. The van der Waals surface area contributed by atoms with Gasteiger partial charge in [-0.25, -0.2) is 5.14 Å². The van der Waals surface area contributed by atoms with Gasteiger partial charge in [0.25, 0.3) is 10.2 Å². The number of carboxylic acid groups (broad SMARTS) is 1. The SMILES string of the molecule is NS(=O)(=O)N[C@@H]1CC[C@H](C(=O)O)C1. The fourth-order valence-corrected chi connectivity index (χ4v) is 2.22. The summed E-state index contributed by atoms with van der Waals surface area (Å²) in [6.45, 7) is 0. The predicted molar refractivity (Wildman–Crippen MR) is 45.0 cm³/mol. The fraction of sp³-hybridized carbons (Fsp3) is 0.833. The largest absolute Gasteiger partial charge is 0.481 e. The molecule has 1 aliphatic rings. The van der Waals surface area contributed by atoms with Crippen molar-refractivity contribution in [3.63, 3.8) is 0 Å². The van der Waals surface area contributed by atoms with Crippen LogP contribution in [-0.4, -0.2) is 25.5 Å². The number of rotatable bonds is 3. The van der Waals surface area contributed by atoms with Gasteiger partial charge in [0, 0.05) is 6.04 Å². The topological polar surface area (TPSA) is 109 Å². The molecule has 0 bridgehead atoms. The number of hydrogen-bond donors (Lipinski definition) is 3. The van der Waals surface area contributed by atoms with Crippen LogP contribution in [0.15, 0.2) is 0 Å². The molecule has 1 rings (SSSR count). The summed E-state index contributed by atoms with van der Waals surface area (Å²) >= 11 is 0. The van der Waals surface area contributed by atoms with E-state index in [1.807, 2.05) is 0 Å². The first-order valence-corrected chi connectivity index (χ1v) is 5.46. The first-order valence-electron chi connectivity index (χ1n) is 3.91. The van der Waals surface area contributed by atoms with E-state index in [0.717, 1.165) is 0 Å². The van der Waals surface area contributed by atoms with Crippen LogP contribution in [0.5, 0.6) is 0 Å². The van der Waals surface area contributed by atoms with E-state index in [1.165, 1.54) is 0 Å². The van der Waals surface area contributed by atoms with Crippen molar-refractivity contribution < 1.29 is 18.3 Å². The van der Waals surface area contributed by atoms with Gasteiger partial charge < -0.3 is 5.11 Å². The second kappa shape index (κ2) is 3.60. The number of carboxylic acids is 1. The summed E-state index contributed by atoms with van der Waals surface area (Å²) in [5.74, 6) is -1.32. The Balaban J connectivity index is 2.47. The number of aliphatic carboxylic acids is 1. The summed E-state index contributed by atoms with van der Waals surface area (Å²) in [5, 5.41) is 13.4. The van der Waals surface area contributed by atoms with Crippen molar-refractivity contribution in [1.82, 2.24) is 4.72 Å². The highest BCUT2D eigenvalue weighted by atomic mass is 32.2. The first-order chi connectivity index (χ1) is 5.88. The van der Waals surface area contributed by atoms with Crippen molar-refractivity contribution in [2.24, 2.45) is 11.1 Å². The summed E-state index contributed by atoms with van der Waals surface area (Å²) in [6.07, 6.45) is 1.36. The normalized spacial score (nSPS) is 29.0. The maximum atomic E-state index is 10.6. The number of nitrogens with one attached hydrogen (secondary N) is 1. The monoisotopic (exact) mass is 208 g/mol. The fourth-order valence-electron chi connectivity index (χ4n) is 1.55. The van der Waals surface area contributed by atoms with E-state index < -0.39 is 22.1 Å². The highest BCUT2D eigenvalue weighted by Gasteiger charge is 2.31. The zero-order valence-corrected chi connectivity index (χ0v) is 7.75. The summed E-state index contributed by atoms with van der Waals surface area (Å²) in [4.78, 5) is 10.5. The smallest absolute Gasteiger partial charge is 0.306 e. The lowest BCUT2D eigenvalue weighted by atomic mass is 10.1. The minimum absolute atomic E-state index is 0.323. The lowest BCUT2D eigenvalue weighted by Crippen LogP contribution is -2.38. The average molecular weight is 208 g/mol. The molecular weight excluding hydrogens is 196 g/mol. The van der Waals surface area contributed by atoms with Gasteiger partial charge in [-0.3, -0.25) is 4.79 Å². The quantitative estimate of drug-likeness (QED) is 0.554. The van der Waals surface area contributed by atoms with Crippen LogP contribution in [-0.2, 0) is 15.0 Å². The van der Waals surface area contributed by atoms with Crippen molar-refractivity contribution in [3.05, 3.63) is 0 Å². The number of hydrogen-bond acceptors (Lipinski definition) is 3. The zero-order chi connectivity index (χ0) is 10.1. The van der Waals surface area contributed by atoms with Crippen LogP contribution < -0.4 is 9.86 Å². The molecule has 1 fully saturated rings. The van der Waals surface area contributed by atoms with Crippen molar-refractivity contribution in [2.75, 3.05) is 0 Å². The molecule has 2 atom stereocenters. The second-order valence-electron chi connectivity index (χ2n) is 3.21. The number of carbonyl (C=O) groups is 1. The Hall–Kier alpha value is -0.660. The zero-order valence-electron chi connectivity index (χ0n) is 6.93. The highest BCUT2D eigenvalue weighted by Crippen LogP contribution is 2.25. The average Bonchev–Trinajstić information content (AvgIpc) is 2.31. The van der Waals surface area contributed by atoms with Gasteiger partial charge in [0.05, 0.1) is 5.92 Å². The molecule has 0 aromatic heterocycles. The molecule has 13 heavy (non-hydrogen) atoms. The van der Waals surface area contributed by atoms with Crippen LogP contribution in [0.4, 0.5) is 0 Å². The molecule has 0 aromatic carbocycles. The predicted octanol–water partition coefficient (Wildman–Crippen LogP) is -0.967. The van der Waals surface area contributed by atoms with Gasteiger partial charge in [-0.1, -0.05) is 0 Å². The molecule has 1 saturated carbocycles. The molecule has 0 aromatic rings. The maximum Gasteiger partial charge on any atom is 0.306 e. The Labute approximate surface area is 76.3 Å². The lowest BCUT2D eigenvalue weighted by Gasteiger charge is -2.08. The van der Waals surface area contributed by atoms with Gasteiger partial charge in [-0.05, 0) is 19.3 Å². The molecule has 0 spiro atoms. The van der Waals surface area contributed by atoms with Crippen LogP contribution in [0.25, 0.3) is 0 Å². The van der Waals surface area contributed by atoms with Crippen LogP contribution in [0, 0.1) is 5.92 Å². The molecule has 76 valence electrons. The third-order valence-corrected chi connectivity index (χ3v) is 2.77. The highest BCUT2D eigenvalue weighted by molar-refractivity contribution is 7.87. The molecule has 7 heteroatoms. The Morgan fingerprint density at radius 2 is 2.08 bits per heavy atom. The molecule has 0 radical (unpaired) electrons. The Bertz CT molecular complexity index is 300. The summed E-state index contributed by atoms with van der Waals surface area (Å²) in [6, 6.07) is -0.323. The van der Waals surface area contributed by atoms with Gasteiger partial charge >= 0.3 is 5.97 Å². The lowest BCUT2D eigenvalue weighted by molar-refractivity contribution is -0.141. The van der Waals surface area contributed by atoms with Gasteiger partial charge in [0.2, 0.25) is 0 Å². The molecule has 0 saturated heterocycles. The number of nitrogens with two attached hydrogens (primary N) is 1. The molecule has 0 heterocycles. The van der Waals surface area contributed by atoms with Crippen molar-refractivity contribution in [1.29, 1.82) is 0 Å². The van der Waals surface area contributed by atoms with E-state index in [0.29, 0.717) is 19.3 Å². The Morgan fingerprint density at radius 3 is 2.46 bits per heavy atom. The Morgan fingerprint density at radius 1 is 1.46 bits per heavy atom. The van der Waals surface area contributed by atoms with Gasteiger partial charge in [-0.2, -0.15) is 13.1 Å². The van der Waals surface area contributed by atoms with Crippen molar-refractivity contribution in [2.45, 2.75) is 25.3 Å². The molecule has 0 aliphatic heterocycles. The van der Waals surface area contributed by atoms with E-state index in [9.17, 15) is 13.2 Å². The van der Waals surface area contributed by atoms with E-state index in [2.05, 4.69) is 4.72 Å². The molecule has 1 aliphatic carbocycles. The van der Waals surface area contributed by atoms with Gasteiger partial charge in [0.15, 0.2) is 0 Å². The van der Waals surface area contributed by atoms with E-state index in [1.54, 1.807) is 0 Å². The van der Waals surface area contributed by atoms with Crippen molar-refractivity contribution >= 4 is 16.2 Å². The van der Waals surface area contributed by atoms with Crippen LogP contribution in [0.3, 0.4) is 0 Å². The minimum Gasteiger partial charge on any atom is -0.481 e.